The Morgan fingerprint density at radius 2 is 1.40 bits per heavy atom. The summed E-state index contributed by atoms with van der Waals surface area (Å²) in [6.07, 6.45) is 9.46. The van der Waals surface area contributed by atoms with Crippen molar-refractivity contribution in [1.82, 2.24) is 0 Å². The van der Waals surface area contributed by atoms with E-state index in [-0.39, 0.29) is 34.9 Å². The second-order valence-corrected chi connectivity index (χ2v) is 13.4. The molecule has 6 bridgehead atoms. The van der Waals surface area contributed by atoms with Gasteiger partial charge in [-0.2, -0.15) is 0 Å². The summed E-state index contributed by atoms with van der Waals surface area (Å²) < 4.78 is 54.5. The SMILES string of the molecule is O=C(Oc1ccc(S(=O)(=O)[O-])c2c1CCCC2)C1CC2C3C4CCC(O4)C3C1C1C3CCC(O3)C21. The molecule has 9 atom stereocenters. The summed E-state index contributed by atoms with van der Waals surface area (Å²) in [6, 6.07) is 2.86. The minimum atomic E-state index is -4.56. The van der Waals surface area contributed by atoms with Crippen LogP contribution in [-0.4, -0.2) is 43.4 Å². The van der Waals surface area contributed by atoms with Gasteiger partial charge in [-0.25, -0.2) is 8.42 Å². The van der Waals surface area contributed by atoms with Crippen LogP contribution in [0.15, 0.2) is 17.0 Å². The Kier molecular flexibility index (Phi) is 4.50. The zero-order valence-electron chi connectivity index (χ0n) is 19.6. The van der Waals surface area contributed by atoms with Crippen LogP contribution in [0, 0.1) is 41.4 Å². The van der Waals surface area contributed by atoms with Gasteiger partial charge in [0.15, 0.2) is 0 Å². The van der Waals surface area contributed by atoms with Crippen molar-refractivity contribution in [3.05, 3.63) is 23.3 Å². The number of rotatable bonds is 3. The third-order valence-electron chi connectivity index (χ3n) is 10.9. The highest BCUT2D eigenvalue weighted by atomic mass is 32.2. The molecule has 35 heavy (non-hydrogen) atoms. The van der Waals surface area contributed by atoms with Gasteiger partial charge in [-0.05, 0) is 117 Å². The van der Waals surface area contributed by atoms with Crippen molar-refractivity contribution in [2.45, 2.75) is 87.1 Å². The third kappa shape index (κ3) is 2.88. The standard InChI is InChI=1S/C27H32O7S/c28-27(34-16-9-10-21(35(29,30)31)13-4-2-1-3-12(13)16)15-11-14-22-17-5-7-19(32-17)25(22)24(15)26-20-8-6-18(33-20)23(14)26/h9-10,14-15,17-20,22-26H,1-8,11H2,(H,29,30,31)/p-1. The lowest BCUT2D eigenvalue weighted by Crippen LogP contribution is -2.62. The fourth-order valence-corrected chi connectivity index (χ4v) is 10.8. The van der Waals surface area contributed by atoms with Gasteiger partial charge in [-0.3, -0.25) is 4.79 Å². The summed E-state index contributed by atoms with van der Waals surface area (Å²) in [7, 11) is -4.56. The predicted molar refractivity (Wildman–Crippen MR) is 122 cm³/mol. The van der Waals surface area contributed by atoms with Crippen LogP contribution in [0.5, 0.6) is 5.75 Å². The van der Waals surface area contributed by atoms with Crippen molar-refractivity contribution in [1.29, 1.82) is 0 Å². The largest absolute Gasteiger partial charge is 0.744 e. The first-order valence-electron chi connectivity index (χ1n) is 13.5. The molecule has 7 nitrogen and oxygen atoms in total. The van der Waals surface area contributed by atoms with Crippen molar-refractivity contribution < 1.29 is 32.0 Å². The second kappa shape index (κ2) is 7.30. The molecule has 4 saturated heterocycles. The smallest absolute Gasteiger partial charge is 0.314 e. The van der Waals surface area contributed by atoms with Crippen LogP contribution in [0.3, 0.4) is 0 Å². The zero-order chi connectivity index (χ0) is 23.6. The molecule has 1 aromatic carbocycles. The molecular formula is C27H31O7S-. The first-order valence-corrected chi connectivity index (χ1v) is 14.9. The Labute approximate surface area is 205 Å². The number of ether oxygens (including phenoxy) is 3. The first kappa shape index (κ1) is 21.6. The molecule has 0 aromatic heterocycles. The van der Waals surface area contributed by atoms with E-state index in [2.05, 4.69) is 0 Å². The quantitative estimate of drug-likeness (QED) is 0.357. The third-order valence-corrected chi connectivity index (χ3v) is 11.8. The van der Waals surface area contributed by atoms with Gasteiger partial charge < -0.3 is 18.8 Å². The predicted octanol–water partition coefficient (Wildman–Crippen LogP) is 3.23. The highest BCUT2D eigenvalue weighted by Gasteiger charge is 2.72. The van der Waals surface area contributed by atoms with Gasteiger partial charge in [-0.15, -0.1) is 0 Å². The van der Waals surface area contributed by atoms with Gasteiger partial charge >= 0.3 is 5.97 Å². The molecule has 8 heteroatoms. The minimum absolute atomic E-state index is 0.160. The van der Waals surface area contributed by atoms with Crippen molar-refractivity contribution in [2.24, 2.45) is 41.4 Å². The molecule has 0 radical (unpaired) electrons. The fraction of sp³-hybridized carbons (Fsp3) is 0.741. The average Bonchev–Trinajstić information content (AvgIpc) is 3.65. The fourth-order valence-electron chi connectivity index (χ4n) is 10.0. The number of hydrogen-bond donors (Lipinski definition) is 0. The van der Waals surface area contributed by atoms with Gasteiger partial charge in [0.2, 0.25) is 0 Å². The van der Waals surface area contributed by atoms with Crippen LogP contribution >= 0.6 is 0 Å². The molecule has 8 aliphatic rings. The Bertz CT molecular complexity index is 1180. The van der Waals surface area contributed by atoms with Gasteiger partial charge in [0, 0.05) is 0 Å². The summed E-state index contributed by atoms with van der Waals surface area (Å²) >= 11 is 0. The summed E-state index contributed by atoms with van der Waals surface area (Å²) in [5.74, 6) is 2.75. The Hall–Kier alpha value is -1.48. The topological polar surface area (TPSA) is 102 Å². The van der Waals surface area contributed by atoms with E-state index in [9.17, 15) is 17.8 Å². The highest BCUT2D eigenvalue weighted by molar-refractivity contribution is 7.85. The lowest BCUT2D eigenvalue weighted by atomic mass is 9.42. The summed E-state index contributed by atoms with van der Waals surface area (Å²) in [5, 5.41) is 0. The number of esters is 1. The van der Waals surface area contributed by atoms with E-state index in [0.717, 1.165) is 50.5 Å². The van der Waals surface area contributed by atoms with Crippen LogP contribution < -0.4 is 4.74 Å². The molecule has 0 N–H and O–H groups in total. The number of benzene rings is 1. The highest BCUT2D eigenvalue weighted by Crippen LogP contribution is 2.70. The Morgan fingerprint density at radius 3 is 2.00 bits per heavy atom. The Morgan fingerprint density at radius 1 is 0.829 bits per heavy atom. The maximum Gasteiger partial charge on any atom is 0.314 e. The molecule has 0 spiro atoms. The van der Waals surface area contributed by atoms with Gasteiger partial charge in [0.1, 0.15) is 15.9 Å². The van der Waals surface area contributed by atoms with Crippen LogP contribution in [0.2, 0.25) is 0 Å². The molecular weight excluding hydrogens is 468 g/mol. The van der Waals surface area contributed by atoms with Crippen LogP contribution in [-0.2, 0) is 37.2 Å². The van der Waals surface area contributed by atoms with Crippen LogP contribution in [0.25, 0.3) is 0 Å². The van der Waals surface area contributed by atoms with E-state index >= 15 is 0 Å². The maximum atomic E-state index is 13.8. The van der Waals surface area contributed by atoms with E-state index < -0.39 is 10.1 Å². The summed E-state index contributed by atoms with van der Waals surface area (Å²) in [4.78, 5) is 13.7. The molecule has 4 aliphatic carbocycles. The number of carbonyl (C=O) groups excluding carboxylic acids is 1. The number of carbonyl (C=O) groups is 1. The lowest BCUT2D eigenvalue weighted by molar-refractivity contribution is -0.164. The molecule has 0 amide bonds. The lowest BCUT2D eigenvalue weighted by Gasteiger charge is -2.59. The molecule has 7 fully saturated rings. The molecule has 9 rings (SSSR count). The van der Waals surface area contributed by atoms with E-state index in [1.165, 1.54) is 12.1 Å². The van der Waals surface area contributed by atoms with Crippen LogP contribution in [0.1, 0.15) is 56.1 Å². The van der Waals surface area contributed by atoms with E-state index in [0.29, 0.717) is 66.0 Å². The number of fused-ring (bicyclic) bond motifs is 6. The van der Waals surface area contributed by atoms with Crippen LogP contribution in [0.4, 0.5) is 0 Å². The molecule has 188 valence electrons. The summed E-state index contributed by atoms with van der Waals surface area (Å²) in [6.45, 7) is 0. The van der Waals surface area contributed by atoms with E-state index in [1.807, 2.05) is 0 Å². The van der Waals surface area contributed by atoms with E-state index in [1.54, 1.807) is 0 Å². The second-order valence-electron chi connectivity index (χ2n) is 12.1. The van der Waals surface area contributed by atoms with E-state index in [4.69, 9.17) is 14.2 Å². The van der Waals surface area contributed by atoms with Crippen molar-refractivity contribution in [3.8, 4) is 5.75 Å². The molecule has 4 aliphatic heterocycles. The van der Waals surface area contributed by atoms with Crippen molar-refractivity contribution in [2.75, 3.05) is 0 Å². The average molecular weight is 500 g/mol. The summed E-state index contributed by atoms with van der Waals surface area (Å²) in [5.41, 5.74) is 1.27. The van der Waals surface area contributed by atoms with Crippen molar-refractivity contribution in [3.63, 3.8) is 0 Å². The number of hydrogen-bond acceptors (Lipinski definition) is 7. The van der Waals surface area contributed by atoms with Gasteiger partial charge in [0.05, 0.1) is 35.2 Å². The molecule has 9 unspecified atom stereocenters. The minimum Gasteiger partial charge on any atom is -0.744 e. The first-order chi connectivity index (χ1) is 16.9. The maximum absolute atomic E-state index is 13.8. The Balaban J connectivity index is 1.14. The van der Waals surface area contributed by atoms with Gasteiger partial charge in [0.25, 0.3) is 0 Å². The monoisotopic (exact) mass is 499 g/mol. The normalized spacial score (nSPS) is 46.4. The molecule has 4 heterocycles. The molecule has 1 aromatic rings. The van der Waals surface area contributed by atoms with Crippen molar-refractivity contribution >= 4 is 16.1 Å². The van der Waals surface area contributed by atoms with Gasteiger partial charge in [-0.1, -0.05) is 0 Å². The zero-order valence-corrected chi connectivity index (χ0v) is 20.5. The molecule has 3 saturated carbocycles.